The number of nitrogens with one attached hydrogen (secondary N) is 1. The van der Waals surface area contributed by atoms with Crippen molar-refractivity contribution in [1.29, 1.82) is 0 Å². The molecule has 19 heavy (non-hydrogen) atoms. The summed E-state index contributed by atoms with van der Waals surface area (Å²) < 4.78 is 5.38. The molecule has 0 spiro atoms. The van der Waals surface area contributed by atoms with E-state index >= 15 is 0 Å². The van der Waals surface area contributed by atoms with Crippen LogP contribution in [0.2, 0.25) is 0 Å². The molecule has 0 heterocycles. The second-order valence-electron chi connectivity index (χ2n) is 4.37. The molecule has 0 atom stereocenters. The van der Waals surface area contributed by atoms with Gasteiger partial charge in [0.1, 0.15) is 0 Å². The van der Waals surface area contributed by atoms with Gasteiger partial charge in [-0.2, -0.15) is 0 Å². The van der Waals surface area contributed by atoms with Crippen LogP contribution in [-0.2, 0) is 6.54 Å². The Morgan fingerprint density at radius 3 is 2.63 bits per heavy atom. The highest BCUT2D eigenvalue weighted by Gasteiger charge is 2.07. The highest BCUT2D eigenvalue weighted by atomic mass is 16.5. The minimum atomic E-state index is 0.213. The van der Waals surface area contributed by atoms with Crippen LogP contribution >= 0.6 is 0 Å². The van der Waals surface area contributed by atoms with Gasteiger partial charge in [0.05, 0.1) is 6.61 Å². The Bertz CT molecular complexity index is 552. The van der Waals surface area contributed by atoms with Crippen molar-refractivity contribution in [2.45, 2.75) is 20.4 Å². The predicted octanol–water partition coefficient (Wildman–Crippen LogP) is 3.71. The first-order valence-electron chi connectivity index (χ1n) is 6.45. The van der Waals surface area contributed by atoms with Gasteiger partial charge in [0.15, 0.2) is 11.5 Å². The number of anilines is 1. The lowest BCUT2D eigenvalue weighted by Gasteiger charge is -2.12. The number of phenols is 1. The largest absolute Gasteiger partial charge is 0.504 e. The van der Waals surface area contributed by atoms with Gasteiger partial charge in [0, 0.05) is 17.8 Å². The van der Waals surface area contributed by atoms with E-state index in [2.05, 4.69) is 18.3 Å². The average molecular weight is 257 g/mol. The van der Waals surface area contributed by atoms with Gasteiger partial charge >= 0.3 is 0 Å². The normalized spacial score (nSPS) is 10.2. The quantitative estimate of drug-likeness (QED) is 0.858. The molecule has 3 heteroatoms. The Morgan fingerprint density at radius 1 is 1.11 bits per heavy atom. The number of para-hydroxylation sites is 2. The lowest BCUT2D eigenvalue weighted by atomic mass is 10.1. The van der Waals surface area contributed by atoms with Gasteiger partial charge < -0.3 is 15.2 Å². The predicted molar refractivity (Wildman–Crippen MR) is 77.8 cm³/mol. The number of hydrogen-bond acceptors (Lipinski definition) is 3. The minimum absolute atomic E-state index is 0.213. The molecule has 3 nitrogen and oxygen atoms in total. The zero-order valence-corrected chi connectivity index (χ0v) is 11.3. The summed E-state index contributed by atoms with van der Waals surface area (Å²) in [6, 6.07) is 13.6. The second-order valence-corrected chi connectivity index (χ2v) is 4.37. The number of rotatable bonds is 5. The molecule has 2 N–H and O–H groups in total. The van der Waals surface area contributed by atoms with E-state index in [0.29, 0.717) is 18.9 Å². The minimum Gasteiger partial charge on any atom is -0.504 e. The molecule has 0 unspecified atom stereocenters. The Hall–Kier alpha value is -2.16. The number of benzene rings is 2. The number of aromatic hydroxyl groups is 1. The summed E-state index contributed by atoms with van der Waals surface area (Å²) in [5.74, 6) is 0.747. The fraction of sp³-hybridized carbons (Fsp3) is 0.250. The summed E-state index contributed by atoms with van der Waals surface area (Å²) in [4.78, 5) is 0. The number of phenolic OH excluding ortho intramolecular Hbond substituents is 1. The average Bonchev–Trinajstić information content (AvgIpc) is 2.42. The molecular weight excluding hydrogens is 238 g/mol. The topological polar surface area (TPSA) is 41.5 Å². The zero-order chi connectivity index (χ0) is 13.7. The van der Waals surface area contributed by atoms with Gasteiger partial charge in [0.2, 0.25) is 0 Å². The molecule has 2 aromatic rings. The van der Waals surface area contributed by atoms with Crippen LogP contribution in [0.3, 0.4) is 0 Å². The monoisotopic (exact) mass is 257 g/mol. The Labute approximate surface area is 113 Å². The molecule has 2 rings (SSSR count). The van der Waals surface area contributed by atoms with Gasteiger partial charge in [-0.15, -0.1) is 0 Å². The van der Waals surface area contributed by atoms with Crippen molar-refractivity contribution < 1.29 is 9.84 Å². The van der Waals surface area contributed by atoms with Gasteiger partial charge in [-0.25, -0.2) is 0 Å². The maximum Gasteiger partial charge on any atom is 0.162 e. The number of aryl methyl sites for hydroxylation is 1. The molecule has 0 saturated heterocycles. The summed E-state index contributed by atoms with van der Waals surface area (Å²) in [5, 5.41) is 13.4. The lowest BCUT2D eigenvalue weighted by molar-refractivity contribution is 0.317. The van der Waals surface area contributed by atoms with Crippen LogP contribution in [0.15, 0.2) is 42.5 Å². The summed E-state index contributed by atoms with van der Waals surface area (Å²) in [7, 11) is 0. The summed E-state index contributed by atoms with van der Waals surface area (Å²) in [6.07, 6.45) is 0. The van der Waals surface area contributed by atoms with Crippen LogP contribution in [0.5, 0.6) is 11.5 Å². The maximum absolute atomic E-state index is 10.1. The third-order valence-electron chi connectivity index (χ3n) is 3.00. The van der Waals surface area contributed by atoms with Crippen molar-refractivity contribution >= 4 is 5.69 Å². The standard InChI is InChI=1S/C16H19NO2/c1-3-19-15-10-6-8-13(16(15)18)11-17-14-9-5-4-7-12(14)2/h4-10,17-18H,3,11H2,1-2H3. The number of ether oxygens (including phenoxy) is 1. The van der Waals surface area contributed by atoms with Gasteiger partial charge in [-0.1, -0.05) is 30.3 Å². The molecule has 0 aromatic heterocycles. The van der Waals surface area contributed by atoms with Crippen LogP contribution in [0.25, 0.3) is 0 Å². The SMILES string of the molecule is CCOc1cccc(CNc2ccccc2C)c1O. The van der Waals surface area contributed by atoms with Crippen molar-refractivity contribution in [3.05, 3.63) is 53.6 Å². The van der Waals surface area contributed by atoms with Crippen LogP contribution in [0.4, 0.5) is 5.69 Å². The van der Waals surface area contributed by atoms with Crippen LogP contribution in [-0.4, -0.2) is 11.7 Å². The number of hydrogen-bond donors (Lipinski definition) is 2. The fourth-order valence-electron chi connectivity index (χ4n) is 1.94. The van der Waals surface area contributed by atoms with E-state index < -0.39 is 0 Å². The first-order valence-corrected chi connectivity index (χ1v) is 6.45. The summed E-state index contributed by atoms with van der Waals surface area (Å²) >= 11 is 0. The molecule has 0 amide bonds. The smallest absolute Gasteiger partial charge is 0.162 e. The highest BCUT2D eigenvalue weighted by Crippen LogP contribution is 2.30. The van der Waals surface area contributed by atoms with Gasteiger partial charge in [-0.3, -0.25) is 0 Å². The van der Waals surface area contributed by atoms with E-state index in [-0.39, 0.29) is 5.75 Å². The lowest BCUT2D eigenvalue weighted by Crippen LogP contribution is -2.02. The Morgan fingerprint density at radius 2 is 1.89 bits per heavy atom. The first kappa shape index (κ1) is 13.3. The summed E-state index contributed by atoms with van der Waals surface area (Å²) in [5.41, 5.74) is 3.08. The highest BCUT2D eigenvalue weighted by molar-refractivity contribution is 5.52. The van der Waals surface area contributed by atoms with E-state index in [4.69, 9.17) is 4.74 Å². The molecule has 0 radical (unpaired) electrons. The molecule has 0 fully saturated rings. The third kappa shape index (κ3) is 3.19. The van der Waals surface area contributed by atoms with E-state index in [1.54, 1.807) is 6.07 Å². The van der Waals surface area contributed by atoms with E-state index in [1.165, 1.54) is 5.56 Å². The fourth-order valence-corrected chi connectivity index (χ4v) is 1.94. The van der Waals surface area contributed by atoms with Gasteiger partial charge in [0.25, 0.3) is 0 Å². The molecule has 0 aliphatic carbocycles. The van der Waals surface area contributed by atoms with E-state index in [0.717, 1.165) is 11.3 Å². The second kappa shape index (κ2) is 6.14. The third-order valence-corrected chi connectivity index (χ3v) is 3.00. The van der Waals surface area contributed by atoms with Crippen molar-refractivity contribution in [3.8, 4) is 11.5 Å². The molecule has 0 bridgehead atoms. The van der Waals surface area contributed by atoms with E-state index in [9.17, 15) is 5.11 Å². The first-order chi connectivity index (χ1) is 9.22. The van der Waals surface area contributed by atoms with Crippen LogP contribution in [0, 0.1) is 6.92 Å². The molecule has 0 saturated carbocycles. The van der Waals surface area contributed by atoms with Crippen LogP contribution in [0.1, 0.15) is 18.1 Å². The molecule has 100 valence electrons. The van der Waals surface area contributed by atoms with Crippen molar-refractivity contribution in [3.63, 3.8) is 0 Å². The molecular formula is C16H19NO2. The Balaban J connectivity index is 2.12. The van der Waals surface area contributed by atoms with E-state index in [1.807, 2.05) is 37.3 Å². The molecule has 0 aliphatic heterocycles. The van der Waals surface area contributed by atoms with Gasteiger partial charge in [-0.05, 0) is 31.5 Å². The van der Waals surface area contributed by atoms with Crippen LogP contribution < -0.4 is 10.1 Å². The zero-order valence-electron chi connectivity index (χ0n) is 11.3. The molecule has 2 aromatic carbocycles. The summed E-state index contributed by atoms with van der Waals surface area (Å²) in [6.45, 7) is 5.07. The Kier molecular flexibility index (Phi) is 4.29. The molecule has 0 aliphatic rings. The van der Waals surface area contributed by atoms with Crippen molar-refractivity contribution in [2.75, 3.05) is 11.9 Å². The van der Waals surface area contributed by atoms with Crippen molar-refractivity contribution in [2.24, 2.45) is 0 Å². The maximum atomic E-state index is 10.1. The van der Waals surface area contributed by atoms with Crippen molar-refractivity contribution in [1.82, 2.24) is 0 Å².